The van der Waals surface area contributed by atoms with Gasteiger partial charge in [0, 0.05) is 43.0 Å². The van der Waals surface area contributed by atoms with Crippen molar-refractivity contribution >= 4 is 5.91 Å². The summed E-state index contributed by atoms with van der Waals surface area (Å²) in [6.07, 6.45) is -0.996. The molecule has 2 heterocycles. The molecule has 0 aliphatic carbocycles. The molecule has 0 aliphatic heterocycles. The second kappa shape index (κ2) is 7.84. The molecule has 0 unspecified atom stereocenters. The lowest BCUT2D eigenvalue weighted by Crippen LogP contribution is -2.30. The van der Waals surface area contributed by atoms with E-state index in [1.807, 2.05) is 13.1 Å². The second-order valence-electron chi connectivity index (χ2n) is 6.33. The number of rotatable bonds is 5. The zero-order valence-electron chi connectivity index (χ0n) is 15.4. The van der Waals surface area contributed by atoms with E-state index in [9.17, 15) is 18.0 Å². The van der Waals surface area contributed by atoms with Crippen molar-refractivity contribution in [3.05, 3.63) is 71.7 Å². The van der Waals surface area contributed by atoms with Gasteiger partial charge in [-0.2, -0.15) is 18.3 Å². The van der Waals surface area contributed by atoms with Crippen molar-refractivity contribution in [3.63, 3.8) is 0 Å². The zero-order valence-corrected chi connectivity index (χ0v) is 15.4. The van der Waals surface area contributed by atoms with E-state index in [0.717, 1.165) is 11.6 Å². The van der Waals surface area contributed by atoms with Crippen molar-refractivity contribution in [2.24, 2.45) is 7.05 Å². The molecule has 146 valence electrons. The third kappa shape index (κ3) is 4.39. The van der Waals surface area contributed by atoms with Crippen LogP contribution >= 0.6 is 0 Å². The lowest BCUT2D eigenvalue weighted by atomic mass is 10.1. The van der Waals surface area contributed by atoms with Gasteiger partial charge in [-0.15, -0.1) is 0 Å². The molecule has 28 heavy (non-hydrogen) atoms. The maximum absolute atomic E-state index is 12.9. The Morgan fingerprint density at radius 3 is 2.57 bits per heavy atom. The van der Waals surface area contributed by atoms with Crippen LogP contribution in [0.25, 0.3) is 11.3 Å². The molecule has 0 saturated heterocycles. The molecule has 2 aromatic heterocycles. The van der Waals surface area contributed by atoms with Crippen LogP contribution in [0.1, 0.15) is 28.5 Å². The van der Waals surface area contributed by atoms with Gasteiger partial charge in [0.25, 0.3) is 5.91 Å². The minimum absolute atomic E-state index is 0.166. The van der Waals surface area contributed by atoms with Crippen LogP contribution in [0.5, 0.6) is 0 Å². The number of nitrogens with zero attached hydrogens (tertiary/aromatic N) is 4. The van der Waals surface area contributed by atoms with Crippen LogP contribution in [0.2, 0.25) is 0 Å². The molecule has 3 rings (SSSR count). The highest BCUT2D eigenvalue weighted by molar-refractivity contribution is 5.95. The molecular formula is C20H19F3N4O. The second-order valence-corrected chi connectivity index (χ2v) is 6.33. The Balaban J connectivity index is 1.87. The minimum atomic E-state index is -4.52. The predicted molar refractivity (Wildman–Crippen MR) is 98.3 cm³/mol. The van der Waals surface area contributed by atoms with E-state index in [2.05, 4.69) is 10.1 Å². The highest BCUT2D eigenvalue weighted by atomic mass is 19.4. The largest absolute Gasteiger partial charge is 0.433 e. The minimum Gasteiger partial charge on any atom is -0.334 e. The molecule has 0 N–H and O–H groups in total. The molecule has 0 radical (unpaired) electrons. The summed E-state index contributed by atoms with van der Waals surface area (Å²) in [5, 5.41) is 4.10. The molecule has 0 saturated carbocycles. The first-order chi connectivity index (χ1) is 13.3. The number of halogens is 3. The van der Waals surface area contributed by atoms with E-state index in [4.69, 9.17) is 0 Å². The van der Waals surface area contributed by atoms with Gasteiger partial charge in [0.1, 0.15) is 5.69 Å². The summed E-state index contributed by atoms with van der Waals surface area (Å²) in [6.45, 7) is 2.75. The summed E-state index contributed by atoms with van der Waals surface area (Å²) in [6, 6.07) is 10.2. The summed E-state index contributed by atoms with van der Waals surface area (Å²) < 4.78 is 40.4. The third-order valence-corrected chi connectivity index (χ3v) is 4.25. The van der Waals surface area contributed by atoms with Gasteiger partial charge in [0.15, 0.2) is 0 Å². The fraction of sp³-hybridized carbons (Fsp3) is 0.250. The lowest BCUT2D eigenvalue weighted by Gasteiger charge is -2.20. The molecule has 0 bridgehead atoms. The Hall–Kier alpha value is -3.16. The molecule has 0 aliphatic rings. The molecule has 1 amide bonds. The van der Waals surface area contributed by atoms with Crippen LogP contribution in [-0.2, 0) is 19.8 Å². The third-order valence-electron chi connectivity index (χ3n) is 4.25. The number of aromatic nitrogens is 3. The van der Waals surface area contributed by atoms with E-state index in [1.165, 1.54) is 12.1 Å². The van der Waals surface area contributed by atoms with E-state index in [-0.39, 0.29) is 11.6 Å². The Labute approximate surface area is 160 Å². The molecule has 0 atom stereocenters. The van der Waals surface area contributed by atoms with Gasteiger partial charge in [-0.3, -0.25) is 9.48 Å². The van der Waals surface area contributed by atoms with Gasteiger partial charge in [0.05, 0.1) is 11.9 Å². The van der Waals surface area contributed by atoms with E-state index < -0.39 is 11.9 Å². The summed E-state index contributed by atoms with van der Waals surface area (Å²) in [5.74, 6) is -0.208. The number of pyridine rings is 1. The van der Waals surface area contributed by atoms with Crippen LogP contribution in [0, 0.1) is 0 Å². The molecule has 8 heteroatoms. The average Bonchev–Trinajstić information content (AvgIpc) is 3.10. The van der Waals surface area contributed by atoms with Crippen molar-refractivity contribution in [2.45, 2.75) is 19.6 Å². The number of benzene rings is 1. The predicted octanol–water partition coefficient (Wildman–Crippen LogP) is 4.16. The number of hydrogen-bond donors (Lipinski definition) is 0. The van der Waals surface area contributed by atoms with Crippen molar-refractivity contribution in [1.29, 1.82) is 0 Å². The highest BCUT2D eigenvalue weighted by Gasteiger charge is 2.32. The van der Waals surface area contributed by atoms with Gasteiger partial charge in [-0.05, 0) is 31.2 Å². The lowest BCUT2D eigenvalue weighted by molar-refractivity contribution is -0.141. The zero-order chi connectivity index (χ0) is 20.3. The Morgan fingerprint density at radius 2 is 1.93 bits per heavy atom. The summed E-state index contributed by atoms with van der Waals surface area (Å²) in [7, 11) is 1.80. The van der Waals surface area contributed by atoms with Crippen LogP contribution in [-0.4, -0.2) is 32.1 Å². The quantitative estimate of drug-likeness (QED) is 0.659. The molecular weight excluding hydrogens is 369 g/mol. The van der Waals surface area contributed by atoms with Gasteiger partial charge in [-0.25, -0.2) is 4.98 Å². The van der Waals surface area contributed by atoms with Crippen molar-refractivity contribution in [3.8, 4) is 11.3 Å². The van der Waals surface area contributed by atoms with Crippen LogP contribution in [0.4, 0.5) is 13.2 Å². The van der Waals surface area contributed by atoms with Crippen molar-refractivity contribution in [2.75, 3.05) is 6.54 Å². The first-order valence-corrected chi connectivity index (χ1v) is 8.69. The van der Waals surface area contributed by atoms with Crippen molar-refractivity contribution < 1.29 is 18.0 Å². The van der Waals surface area contributed by atoms with Gasteiger partial charge in [-0.1, -0.05) is 18.2 Å². The molecule has 3 aromatic rings. The van der Waals surface area contributed by atoms with E-state index in [1.54, 1.807) is 47.1 Å². The number of carbonyl (C=O) groups is 1. The molecule has 1 aromatic carbocycles. The summed E-state index contributed by atoms with van der Waals surface area (Å²) in [4.78, 5) is 18.2. The standard InChI is InChI=1S/C20H19F3N4O/c1-3-27(13-14-11-24-26(2)12-14)19(28)16-7-4-6-15(10-16)17-8-5-9-18(25-17)20(21,22)23/h4-12H,3,13H2,1-2H3. The van der Waals surface area contributed by atoms with Crippen LogP contribution in [0.3, 0.4) is 0 Å². The van der Waals surface area contributed by atoms with Crippen LogP contribution in [0.15, 0.2) is 54.9 Å². The summed E-state index contributed by atoms with van der Waals surface area (Å²) in [5.41, 5.74) is 0.943. The number of carbonyl (C=O) groups excluding carboxylic acids is 1. The highest BCUT2D eigenvalue weighted by Crippen LogP contribution is 2.29. The topological polar surface area (TPSA) is 51.0 Å². The van der Waals surface area contributed by atoms with Crippen molar-refractivity contribution in [1.82, 2.24) is 19.7 Å². The number of amides is 1. The Kier molecular flexibility index (Phi) is 5.48. The maximum atomic E-state index is 12.9. The van der Waals surface area contributed by atoms with Gasteiger partial charge in [0.2, 0.25) is 0 Å². The number of alkyl halides is 3. The Bertz CT molecular complexity index is 981. The fourth-order valence-corrected chi connectivity index (χ4v) is 2.85. The smallest absolute Gasteiger partial charge is 0.334 e. The molecule has 0 fully saturated rings. The monoisotopic (exact) mass is 388 g/mol. The average molecular weight is 388 g/mol. The number of aryl methyl sites for hydroxylation is 1. The number of hydrogen-bond acceptors (Lipinski definition) is 3. The molecule has 0 spiro atoms. The SMILES string of the molecule is CCN(Cc1cnn(C)c1)C(=O)c1cccc(-c2cccc(C(F)(F)F)n2)c1. The first-order valence-electron chi connectivity index (χ1n) is 8.69. The van der Waals surface area contributed by atoms with E-state index >= 15 is 0 Å². The summed E-state index contributed by atoms with van der Waals surface area (Å²) >= 11 is 0. The molecule has 5 nitrogen and oxygen atoms in total. The Morgan fingerprint density at radius 1 is 1.18 bits per heavy atom. The van der Waals surface area contributed by atoms with Crippen LogP contribution < -0.4 is 0 Å². The van der Waals surface area contributed by atoms with Gasteiger partial charge >= 0.3 is 6.18 Å². The normalized spacial score (nSPS) is 11.5. The first kappa shape index (κ1) is 19.6. The maximum Gasteiger partial charge on any atom is 0.433 e. The van der Waals surface area contributed by atoms with Gasteiger partial charge < -0.3 is 4.90 Å². The fourth-order valence-electron chi connectivity index (χ4n) is 2.85. The van der Waals surface area contributed by atoms with E-state index in [0.29, 0.717) is 24.2 Å².